The number of hydrazine groups is 1. The van der Waals surface area contributed by atoms with Crippen LogP contribution in [-0.2, 0) is 4.74 Å². The fourth-order valence-corrected chi connectivity index (χ4v) is 2.41. The highest BCUT2D eigenvalue weighted by Crippen LogP contribution is 2.26. The highest BCUT2D eigenvalue weighted by atomic mass is 16.5. The van der Waals surface area contributed by atoms with Crippen LogP contribution in [0.25, 0.3) is 0 Å². The molecule has 3 rings (SSSR count). The van der Waals surface area contributed by atoms with Crippen molar-refractivity contribution in [3.05, 3.63) is 56.8 Å². The smallest absolute Gasteiger partial charge is 0.325 e. The van der Waals surface area contributed by atoms with E-state index in [1.54, 1.807) is 0 Å². The second-order valence-electron chi connectivity index (χ2n) is 6.84. The number of ether oxygens (including phenoxy) is 1. The Labute approximate surface area is 133 Å². The number of rotatable bonds is 3. The largest absolute Gasteiger partial charge is 0.493 e. The Balaban J connectivity index is 1.91. The summed E-state index contributed by atoms with van der Waals surface area (Å²) < 4.78 is 5.97. The van der Waals surface area contributed by atoms with Gasteiger partial charge in [0.1, 0.15) is 5.76 Å². The molecular weight excluding hydrogens is 298 g/mol. The van der Waals surface area contributed by atoms with E-state index in [0.29, 0.717) is 12.2 Å². The van der Waals surface area contributed by atoms with Crippen molar-refractivity contribution in [1.82, 2.24) is 25.7 Å². The Hall–Kier alpha value is -2.48. The van der Waals surface area contributed by atoms with Gasteiger partial charge in [-0.2, -0.15) is 0 Å². The summed E-state index contributed by atoms with van der Waals surface area (Å²) in [5.74, 6) is 0.735. The van der Waals surface area contributed by atoms with Gasteiger partial charge in [-0.1, -0.05) is 20.8 Å². The van der Waals surface area contributed by atoms with Gasteiger partial charge in [0.2, 0.25) is 0 Å². The summed E-state index contributed by atoms with van der Waals surface area (Å²) >= 11 is 0. The van der Waals surface area contributed by atoms with Gasteiger partial charge in [-0.15, -0.1) is 0 Å². The van der Waals surface area contributed by atoms with Gasteiger partial charge in [0.15, 0.2) is 6.17 Å². The monoisotopic (exact) mass is 319 g/mol. The zero-order valence-electron chi connectivity index (χ0n) is 13.3. The van der Waals surface area contributed by atoms with Gasteiger partial charge in [-0.3, -0.25) is 14.8 Å². The van der Waals surface area contributed by atoms with E-state index in [1.807, 2.05) is 23.5 Å². The van der Waals surface area contributed by atoms with Crippen LogP contribution in [0.5, 0.6) is 0 Å². The Morgan fingerprint density at radius 1 is 1.30 bits per heavy atom. The molecule has 0 saturated carbocycles. The summed E-state index contributed by atoms with van der Waals surface area (Å²) in [7, 11) is 0. The van der Waals surface area contributed by atoms with Gasteiger partial charge in [0.05, 0.1) is 18.2 Å². The number of aromatic amines is 2. The van der Waals surface area contributed by atoms with E-state index < -0.39 is 17.3 Å². The Morgan fingerprint density at radius 3 is 2.78 bits per heavy atom. The van der Waals surface area contributed by atoms with Gasteiger partial charge in [-0.05, 0) is 11.5 Å². The van der Waals surface area contributed by atoms with E-state index >= 15 is 0 Å². The average Bonchev–Trinajstić information content (AvgIpc) is 2.92. The zero-order valence-corrected chi connectivity index (χ0v) is 13.3. The topological polar surface area (TPSA) is 102 Å². The van der Waals surface area contributed by atoms with Crippen LogP contribution >= 0.6 is 0 Å². The lowest BCUT2D eigenvalue weighted by atomic mass is 9.98. The maximum atomic E-state index is 12.0. The summed E-state index contributed by atoms with van der Waals surface area (Å²) in [6.45, 7) is 6.84. The lowest BCUT2D eigenvalue weighted by molar-refractivity contribution is 0.0627. The number of H-pyrrole nitrogens is 2. The van der Waals surface area contributed by atoms with Gasteiger partial charge in [-0.25, -0.2) is 10.2 Å². The Kier molecular flexibility index (Phi) is 3.77. The molecular formula is C15H21N5O3. The van der Waals surface area contributed by atoms with Crippen molar-refractivity contribution in [2.45, 2.75) is 33.0 Å². The molecule has 2 aliphatic rings. The second-order valence-corrected chi connectivity index (χ2v) is 6.84. The van der Waals surface area contributed by atoms with E-state index in [2.05, 4.69) is 41.5 Å². The van der Waals surface area contributed by atoms with Gasteiger partial charge < -0.3 is 15.0 Å². The minimum Gasteiger partial charge on any atom is -0.493 e. The van der Waals surface area contributed by atoms with Crippen LogP contribution in [0.15, 0.2) is 40.0 Å². The summed E-state index contributed by atoms with van der Waals surface area (Å²) in [5, 5.41) is 5.03. The maximum absolute atomic E-state index is 12.0. The molecule has 0 aromatic carbocycles. The molecule has 124 valence electrons. The predicted molar refractivity (Wildman–Crippen MR) is 85.0 cm³/mol. The second kappa shape index (κ2) is 5.62. The van der Waals surface area contributed by atoms with Crippen molar-refractivity contribution in [3.8, 4) is 0 Å². The normalized spacial score (nSPS) is 23.3. The van der Waals surface area contributed by atoms with E-state index in [9.17, 15) is 9.59 Å². The first-order chi connectivity index (χ1) is 10.8. The number of aromatic nitrogens is 2. The lowest BCUT2D eigenvalue weighted by Crippen LogP contribution is -2.51. The van der Waals surface area contributed by atoms with Gasteiger partial charge >= 0.3 is 5.69 Å². The minimum absolute atomic E-state index is 0.0214. The number of hydrogen-bond acceptors (Lipinski definition) is 6. The van der Waals surface area contributed by atoms with Crippen LogP contribution in [0.3, 0.4) is 0 Å². The predicted octanol–water partition coefficient (Wildman–Crippen LogP) is 0.272. The minimum atomic E-state index is -0.525. The molecule has 0 fully saturated rings. The standard InChI is InChI=1S/C15H21N5O3/c1-15(2,3)8-23-11-6-10(19-20-5-4-16-12(11)20)9-7-17-14(22)18-13(9)21/h4-7,10,12,16,19H,8H2,1-3H3,(H2,17,18,21,22). The van der Waals surface area contributed by atoms with Crippen molar-refractivity contribution in [3.63, 3.8) is 0 Å². The van der Waals surface area contributed by atoms with Gasteiger partial charge in [0, 0.05) is 18.6 Å². The third-order valence-electron chi connectivity index (χ3n) is 3.51. The van der Waals surface area contributed by atoms with E-state index in [-0.39, 0.29) is 11.6 Å². The fraction of sp³-hybridized carbons (Fsp3) is 0.467. The van der Waals surface area contributed by atoms with Crippen molar-refractivity contribution in [1.29, 1.82) is 0 Å². The third-order valence-corrected chi connectivity index (χ3v) is 3.51. The number of fused-ring (bicyclic) bond motifs is 1. The molecule has 4 N–H and O–H groups in total. The lowest BCUT2D eigenvalue weighted by Gasteiger charge is -2.36. The molecule has 1 aromatic rings. The van der Waals surface area contributed by atoms with Crippen molar-refractivity contribution in [2.24, 2.45) is 5.41 Å². The zero-order chi connectivity index (χ0) is 16.6. The van der Waals surface area contributed by atoms with Crippen molar-refractivity contribution in [2.75, 3.05) is 6.61 Å². The molecule has 0 radical (unpaired) electrons. The first-order valence-corrected chi connectivity index (χ1v) is 7.47. The highest BCUT2D eigenvalue weighted by Gasteiger charge is 2.33. The van der Waals surface area contributed by atoms with Gasteiger partial charge in [0.25, 0.3) is 5.56 Å². The molecule has 0 saturated heterocycles. The van der Waals surface area contributed by atoms with Crippen LogP contribution in [0.4, 0.5) is 0 Å². The first-order valence-electron chi connectivity index (χ1n) is 7.47. The maximum Gasteiger partial charge on any atom is 0.325 e. The molecule has 8 nitrogen and oxygen atoms in total. The molecule has 3 heterocycles. The molecule has 0 amide bonds. The average molecular weight is 319 g/mol. The number of nitrogens with zero attached hydrogens (tertiary/aromatic N) is 1. The fourth-order valence-electron chi connectivity index (χ4n) is 2.41. The summed E-state index contributed by atoms with van der Waals surface area (Å²) in [6.07, 6.45) is 6.78. The molecule has 0 aliphatic carbocycles. The molecule has 8 heteroatoms. The SMILES string of the molecule is CC(C)(C)COC1=CC(c2c[nH]c(=O)[nH]c2=O)NN2C=CNC12. The van der Waals surface area contributed by atoms with Crippen LogP contribution in [0, 0.1) is 5.41 Å². The molecule has 23 heavy (non-hydrogen) atoms. The van der Waals surface area contributed by atoms with Crippen LogP contribution < -0.4 is 22.0 Å². The highest BCUT2D eigenvalue weighted by molar-refractivity contribution is 5.24. The van der Waals surface area contributed by atoms with Crippen LogP contribution in [0.2, 0.25) is 0 Å². The van der Waals surface area contributed by atoms with Crippen molar-refractivity contribution >= 4 is 0 Å². The third kappa shape index (κ3) is 3.31. The van der Waals surface area contributed by atoms with Crippen LogP contribution in [-0.4, -0.2) is 27.7 Å². The number of nitrogens with one attached hydrogen (secondary N) is 4. The molecule has 2 atom stereocenters. The molecule has 0 bridgehead atoms. The van der Waals surface area contributed by atoms with Crippen LogP contribution in [0.1, 0.15) is 32.4 Å². The molecule has 2 aliphatic heterocycles. The Bertz CT molecular complexity index is 755. The summed E-state index contributed by atoms with van der Waals surface area (Å²) in [5.41, 5.74) is 2.69. The first kappa shape index (κ1) is 15.4. The number of hydrogen-bond donors (Lipinski definition) is 4. The summed E-state index contributed by atoms with van der Waals surface area (Å²) in [4.78, 5) is 27.9. The molecule has 1 aromatic heterocycles. The Morgan fingerprint density at radius 2 is 2.09 bits per heavy atom. The molecule has 2 unspecified atom stereocenters. The summed E-state index contributed by atoms with van der Waals surface area (Å²) in [6, 6.07) is -0.397. The quantitative estimate of drug-likeness (QED) is 0.638. The van der Waals surface area contributed by atoms with E-state index in [1.165, 1.54) is 6.20 Å². The van der Waals surface area contributed by atoms with Crippen molar-refractivity contribution < 1.29 is 4.74 Å². The molecule has 0 spiro atoms. The van der Waals surface area contributed by atoms with E-state index in [4.69, 9.17) is 4.74 Å². The van der Waals surface area contributed by atoms with E-state index in [0.717, 1.165) is 5.76 Å².